The molecule has 2 rings (SSSR count). The molecular formula is C14H15NO2. The SMILES string of the molecule is N.O=C(Cc1ccccc1)Oc1ccccc1. The number of esters is 1. The molecule has 0 saturated heterocycles. The van der Waals surface area contributed by atoms with Crippen LogP contribution in [-0.4, -0.2) is 5.97 Å². The van der Waals surface area contributed by atoms with Gasteiger partial charge in [0.15, 0.2) is 0 Å². The Morgan fingerprint density at radius 3 is 2.00 bits per heavy atom. The van der Waals surface area contributed by atoms with Crippen molar-refractivity contribution >= 4 is 5.97 Å². The average molecular weight is 229 g/mol. The highest BCUT2D eigenvalue weighted by Crippen LogP contribution is 2.10. The lowest BCUT2D eigenvalue weighted by Crippen LogP contribution is -2.10. The van der Waals surface area contributed by atoms with Gasteiger partial charge < -0.3 is 10.9 Å². The molecule has 3 heteroatoms. The summed E-state index contributed by atoms with van der Waals surface area (Å²) in [6.45, 7) is 0. The van der Waals surface area contributed by atoms with Crippen molar-refractivity contribution in [2.24, 2.45) is 0 Å². The molecule has 17 heavy (non-hydrogen) atoms. The third kappa shape index (κ3) is 4.09. The van der Waals surface area contributed by atoms with Crippen molar-refractivity contribution in [1.29, 1.82) is 0 Å². The lowest BCUT2D eigenvalue weighted by molar-refractivity contribution is -0.133. The van der Waals surface area contributed by atoms with E-state index in [-0.39, 0.29) is 12.1 Å². The summed E-state index contributed by atoms with van der Waals surface area (Å²) in [6.07, 6.45) is 0.301. The Balaban J connectivity index is 0.00000144. The summed E-state index contributed by atoms with van der Waals surface area (Å²) in [4.78, 5) is 11.6. The maximum Gasteiger partial charge on any atom is 0.315 e. The minimum Gasteiger partial charge on any atom is -0.426 e. The number of benzene rings is 2. The van der Waals surface area contributed by atoms with Gasteiger partial charge in [0, 0.05) is 0 Å². The summed E-state index contributed by atoms with van der Waals surface area (Å²) in [6, 6.07) is 18.7. The number of carbonyl (C=O) groups excluding carboxylic acids is 1. The van der Waals surface area contributed by atoms with Crippen molar-refractivity contribution in [2.75, 3.05) is 0 Å². The van der Waals surface area contributed by atoms with E-state index in [1.54, 1.807) is 12.1 Å². The number of para-hydroxylation sites is 1. The van der Waals surface area contributed by atoms with Crippen molar-refractivity contribution < 1.29 is 9.53 Å². The molecule has 0 unspecified atom stereocenters. The monoisotopic (exact) mass is 229 g/mol. The van der Waals surface area contributed by atoms with Crippen molar-refractivity contribution in [1.82, 2.24) is 6.15 Å². The molecule has 0 atom stereocenters. The largest absolute Gasteiger partial charge is 0.426 e. The van der Waals surface area contributed by atoms with Crippen LogP contribution in [0.3, 0.4) is 0 Å². The number of ether oxygens (including phenoxy) is 1. The van der Waals surface area contributed by atoms with Crippen molar-refractivity contribution in [3.8, 4) is 5.75 Å². The maximum absolute atomic E-state index is 11.6. The summed E-state index contributed by atoms with van der Waals surface area (Å²) in [5, 5.41) is 0. The second-order valence-electron chi connectivity index (χ2n) is 3.45. The molecule has 0 spiro atoms. The van der Waals surface area contributed by atoms with Crippen LogP contribution in [0.15, 0.2) is 60.7 Å². The predicted octanol–water partition coefficient (Wildman–Crippen LogP) is 3.00. The summed E-state index contributed by atoms with van der Waals surface area (Å²) >= 11 is 0. The standard InChI is InChI=1S/C14H12O2.H3N/c15-14(11-12-7-3-1-4-8-12)16-13-9-5-2-6-10-13;/h1-10H,11H2;1H3. The van der Waals surface area contributed by atoms with E-state index in [9.17, 15) is 4.79 Å². The van der Waals surface area contributed by atoms with E-state index in [0.29, 0.717) is 12.2 Å². The third-order valence-corrected chi connectivity index (χ3v) is 2.17. The Kier molecular flexibility index (Phi) is 4.91. The van der Waals surface area contributed by atoms with Crippen LogP contribution in [-0.2, 0) is 11.2 Å². The molecule has 0 radical (unpaired) electrons. The lowest BCUT2D eigenvalue weighted by Gasteiger charge is -2.03. The van der Waals surface area contributed by atoms with E-state index in [0.717, 1.165) is 5.56 Å². The molecule has 88 valence electrons. The van der Waals surface area contributed by atoms with Gasteiger partial charge in [0.05, 0.1) is 6.42 Å². The molecule has 0 aliphatic rings. The molecule has 3 nitrogen and oxygen atoms in total. The first kappa shape index (κ1) is 12.9. The summed E-state index contributed by atoms with van der Waals surface area (Å²) in [5.74, 6) is 0.348. The van der Waals surface area contributed by atoms with Gasteiger partial charge in [-0.2, -0.15) is 0 Å². The Morgan fingerprint density at radius 2 is 1.41 bits per heavy atom. The Labute approximate surface area is 101 Å². The second kappa shape index (κ2) is 6.45. The molecule has 0 amide bonds. The van der Waals surface area contributed by atoms with Crippen LogP contribution < -0.4 is 10.9 Å². The zero-order valence-electron chi connectivity index (χ0n) is 9.50. The highest BCUT2D eigenvalue weighted by atomic mass is 16.5. The van der Waals surface area contributed by atoms with E-state index < -0.39 is 0 Å². The topological polar surface area (TPSA) is 61.3 Å². The van der Waals surface area contributed by atoms with E-state index in [2.05, 4.69) is 0 Å². The molecule has 2 aromatic carbocycles. The number of hydrogen-bond donors (Lipinski definition) is 1. The van der Waals surface area contributed by atoms with E-state index in [4.69, 9.17) is 4.74 Å². The minimum absolute atomic E-state index is 0. The number of carbonyl (C=O) groups is 1. The quantitative estimate of drug-likeness (QED) is 0.650. The minimum atomic E-state index is -0.239. The molecule has 0 aliphatic heterocycles. The normalized spacial score (nSPS) is 9.18. The Hall–Kier alpha value is -2.13. The predicted molar refractivity (Wildman–Crippen MR) is 67.2 cm³/mol. The van der Waals surface area contributed by atoms with Crippen molar-refractivity contribution in [3.05, 3.63) is 66.2 Å². The fourth-order valence-corrected chi connectivity index (χ4v) is 1.42. The van der Waals surface area contributed by atoms with Gasteiger partial charge in [-0.15, -0.1) is 0 Å². The summed E-state index contributed by atoms with van der Waals surface area (Å²) in [5.41, 5.74) is 0.962. The molecule has 0 aliphatic carbocycles. The fourth-order valence-electron chi connectivity index (χ4n) is 1.42. The van der Waals surface area contributed by atoms with E-state index in [1.807, 2.05) is 48.5 Å². The molecule has 0 bridgehead atoms. The van der Waals surface area contributed by atoms with Gasteiger partial charge in [0.25, 0.3) is 0 Å². The van der Waals surface area contributed by atoms with Crippen LogP contribution in [0.1, 0.15) is 5.56 Å². The molecular weight excluding hydrogens is 214 g/mol. The summed E-state index contributed by atoms with van der Waals surface area (Å²) in [7, 11) is 0. The zero-order chi connectivity index (χ0) is 11.2. The molecule has 0 aromatic heterocycles. The van der Waals surface area contributed by atoms with Gasteiger partial charge in [-0.3, -0.25) is 4.79 Å². The van der Waals surface area contributed by atoms with E-state index >= 15 is 0 Å². The molecule has 2 aromatic rings. The fraction of sp³-hybridized carbons (Fsp3) is 0.0714. The first-order valence-electron chi connectivity index (χ1n) is 5.14. The second-order valence-corrected chi connectivity index (χ2v) is 3.45. The zero-order valence-corrected chi connectivity index (χ0v) is 9.50. The van der Waals surface area contributed by atoms with Crippen LogP contribution in [0, 0.1) is 0 Å². The highest BCUT2D eigenvalue weighted by molar-refractivity contribution is 5.75. The van der Waals surface area contributed by atoms with Crippen molar-refractivity contribution in [2.45, 2.75) is 6.42 Å². The Morgan fingerprint density at radius 1 is 0.882 bits per heavy atom. The molecule has 0 saturated carbocycles. The number of hydrogen-bond acceptors (Lipinski definition) is 3. The first-order chi connectivity index (χ1) is 7.84. The number of rotatable bonds is 3. The van der Waals surface area contributed by atoms with Gasteiger partial charge in [-0.25, -0.2) is 0 Å². The third-order valence-electron chi connectivity index (χ3n) is 2.17. The van der Waals surface area contributed by atoms with Gasteiger partial charge >= 0.3 is 5.97 Å². The van der Waals surface area contributed by atoms with E-state index in [1.165, 1.54) is 0 Å². The molecule has 0 fully saturated rings. The van der Waals surface area contributed by atoms with Crippen LogP contribution in [0.4, 0.5) is 0 Å². The van der Waals surface area contributed by atoms with Gasteiger partial charge in [-0.05, 0) is 17.7 Å². The van der Waals surface area contributed by atoms with Crippen LogP contribution in [0.2, 0.25) is 0 Å². The van der Waals surface area contributed by atoms with Crippen LogP contribution in [0.5, 0.6) is 5.75 Å². The Bertz CT molecular complexity index is 411. The molecule has 0 heterocycles. The average Bonchev–Trinajstić information content (AvgIpc) is 2.31. The smallest absolute Gasteiger partial charge is 0.315 e. The summed E-state index contributed by atoms with van der Waals surface area (Å²) < 4.78 is 5.18. The van der Waals surface area contributed by atoms with Gasteiger partial charge in [0.2, 0.25) is 0 Å². The van der Waals surface area contributed by atoms with Crippen LogP contribution in [0.25, 0.3) is 0 Å². The van der Waals surface area contributed by atoms with Crippen molar-refractivity contribution in [3.63, 3.8) is 0 Å². The lowest BCUT2D eigenvalue weighted by atomic mass is 10.2. The molecule has 3 N–H and O–H groups in total. The van der Waals surface area contributed by atoms with Gasteiger partial charge in [0.1, 0.15) is 5.75 Å². The first-order valence-corrected chi connectivity index (χ1v) is 5.14. The maximum atomic E-state index is 11.6. The van der Waals surface area contributed by atoms with Gasteiger partial charge in [-0.1, -0.05) is 48.5 Å². The highest BCUT2D eigenvalue weighted by Gasteiger charge is 2.05. The van der Waals surface area contributed by atoms with Crippen LogP contribution >= 0.6 is 0 Å².